The fraction of sp³-hybridized carbons (Fsp3) is 0.889. The summed E-state index contributed by atoms with van der Waals surface area (Å²) in [4.78, 5) is 12.9. The maximum absolute atomic E-state index is 11.3. The maximum atomic E-state index is 11.3. The van der Waals surface area contributed by atoms with Gasteiger partial charge in [0.15, 0.2) is 0 Å². The average molecular weight is 186 g/mol. The van der Waals surface area contributed by atoms with Crippen LogP contribution in [0.15, 0.2) is 0 Å². The van der Waals surface area contributed by atoms with Crippen molar-refractivity contribution in [1.82, 2.24) is 10.2 Å². The molecule has 1 unspecified atom stereocenters. The Morgan fingerprint density at radius 2 is 2.31 bits per heavy atom. The van der Waals surface area contributed by atoms with Crippen LogP contribution in [0.2, 0.25) is 0 Å². The number of hydrogen-bond acceptors (Lipinski definition) is 3. The van der Waals surface area contributed by atoms with Gasteiger partial charge in [0, 0.05) is 26.2 Å². The summed E-state index contributed by atoms with van der Waals surface area (Å²) >= 11 is 0. The summed E-state index contributed by atoms with van der Waals surface area (Å²) in [5.74, 6) is 0.105. The molecule has 1 N–H and O–H groups in total. The Bertz CT molecular complexity index is 186. The van der Waals surface area contributed by atoms with Crippen LogP contribution in [0.5, 0.6) is 0 Å². The first kappa shape index (κ1) is 10.5. The van der Waals surface area contributed by atoms with Gasteiger partial charge in [-0.1, -0.05) is 0 Å². The van der Waals surface area contributed by atoms with E-state index in [2.05, 4.69) is 12.2 Å². The van der Waals surface area contributed by atoms with Gasteiger partial charge >= 0.3 is 0 Å². The van der Waals surface area contributed by atoms with Gasteiger partial charge in [0.2, 0.25) is 5.91 Å². The van der Waals surface area contributed by atoms with Gasteiger partial charge in [-0.2, -0.15) is 0 Å². The third-order valence-electron chi connectivity index (χ3n) is 2.38. The second-order valence-corrected chi connectivity index (χ2v) is 4.00. The standard InChI is InChI=1S/C9H18N2O2/c1-9(4-5-13-7-9)10-6-8(12)11(2)3/h10H,4-7H2,1-3H3. The molecule has 0 radical (unpaired) electrons. The topological polar surface area (TPSA) is 41.6 Å². The summed E-state index contributed by atoms with van der Waals surface area (Å²) in [5, 5.41) is 3.22. The van der Waals surface area contributed by atoms with Gasteiger partial charge in [-0.25, -0.2) is 0 Å². The highest BCUT2D eigenvalue weighted by molar-refractivity contribution is 5.77. The van der Waals surface area contributed by atoms with Crippen molar-refractivity contribution in [3.8, 4) is 0 Å². The van der Waals surface area contributed by atoms with Gasteiger partial charge < -0.3 is 15.0 Å². The van der Waals surface area contributed by atoms with Crippen LogP contribution in [0.1, 0.15) is 13.3 Å². The van der Waals surface area contributed by atoms with Crippen molar-refractivity contribution >= 4 is 5.91 Å². The summed E-state index contributed by atoms with van der Waals surface area (Å²) in [7, 11) is 3.52. The number of carbonyl (C=O) groups excluding carboxylic acids is 1. The molecule has 76 valence electrons. The maximum Gasteiger partial charge on any atom is 0.236 e. The summed E-state index contributed by atoms with van der Waals surface area (Å²) in [6, 6.07) is 0. The normalized spacial score (nSPS) is 27.6. The van der Waals surface area contributed by atoms with E-state index in [1.54, 1.807) is 19.0 Å². The number of nitrogens with zero attached hydrogens (tertiary/aromatic N) is 1. The van der Waals surface area contributed by atoms with Crippen LogP contribution in [0.3, 0.4) is 0 Å². The van der Waals surface area contributed by atoms with Crippen LogP contribution in [-0.4, -0.2) is 50.2 Å². The van der Waals surface area contributed by atoms with Crippen molar-refractivity contribution < 1.29 is 9.53 Å². The smallest absolute Gasteiger partial charge is 0.236 e. The molecule has 1 atom stereocenters. The van der Waals surface area contributed by atoms with E-state index in [-0.39, 0.29) is 11.4 Å². The number of rotatable bonds is 3. The lowest BCUT2D eigenvalue weighted by Gasteiger charge is -2.24. The third kappa shape index (κ3) is 2.97. The van der Waals surface area contributed by atoms with E-state index in [0.29, 0.717) is 13.2 Å². The van der Waals surface area contributed by atoms with E-state index >= 15 is 0 Å². The lowest BCUT2D eigenvalue weighted by Crippen LogP contribution is -2.47. The molecular formula is C9H18N2O2. The molecule has 1 saturated heterocycles. The van der Waals surface area contributed by atoms with Gasteiger partial charge in [-0.05, 0) is 13.3 Å². The van der Waals surface area contributed by atoms with Gasteiger partial charge in [0.1, 0.15) is 0 Å². The number of nitrogens with one attached hydrogen (secondary N) is 1. The molecule has 1 heterocycles. The quantitative estimate of drug-likeness (QED) is 0.666. The lowest BCUT2D eigenvalue weighted by molar-refractivity contribution is -0.128. The molecule has 1 amide bonds. The monoisotopic (exact) mass is 186 g/mol. The highest BCUT2D eigenvalue weighted by atomic mass is 16.5. The molecule has 4 heteroatoms. The molecule has 0 spiro atoms. The zero-order valence-electron chi connectivity index (χ0n) is 8.59. The van der Waals surface area contributed by atoms with Gasteiger partial charge in [0.05, 0.1) is 13.2 Å². The van der Waals surface area contributed by atoms with Gasteiger partial charge in [-0.15, -0.1) is 0 Å². The number of likely N-dealkylation sites (N-methyl/N-ethyl adjacent to an activating group) is 1. The molecule has 13 heavy (non-hydrogen) atoms. The number of amides is 1. The number of carbonyl (C=O) groups is 1. The van der Waals surface area contributed by atoms with E-state index in [0.717, 1.165) is 13.0 Å². The van der Waals surface area contributed by atoms with Crippen LogP contribution in [0.4, 0.5) is 0 Å². The fourth-order valence-corrected chi connectivity index (χ4v) is 1.25. The molecule has 0 aromatic heterocycles. The van der Waals surface area contributed by atoms with E-state index in [9.17, 15) is 4.79 Å². The first-order valence-corrected chi connectivity index (χ1v) is 4.56. The van der Waals surface area contributed by atoms with Crippen LogP contribution in [0.25, 0.3) is 0 Å². The number of ether oxygens (including phenoxy) is 1. The van der Waals surface area contributed by atoms with Crippen LogP contribution >= 0.6 is 0 Å². The van der Waals surface area contributed by atoms with Crippen molar-refractivity contribution in [1.29, 1.82) is 0 Å². The van der Waals surface area contributed by atoms with Crippen molar-refractivity contribution in [3.63, 3.8) is 0 Å². The van der Waals surface area contributed by atoms with E-state index in [1.165, 1.54) is 0 Å². The summed E-state index contributed by atoms with van der Waals surface area (Å²) in [6.45, 7) is 3.98. The summed E-state index contributed by atoms with van der Waals surface area (Å²) in [5.41, 5.74) is -0.00826. The highest BCUT2D eigenvalue weighted by Gasteiger charge is 2.29. The van der Waals surface area contributed by atoms with Crippen LogP contribution < -0.4 is 5.32 Å². The molecule has 1 fully saturated rings. The zero-order chi connectivity index (χ0) is 9.90. The number of hydrogen-bond donors (Lipinski definition) is 1. The molecular weight excluding hydrogens is 168 g/mol. The molecule has 0 bridgehead atoms. The highest BCUT2D eigenvalue weighted by Crippen LogP contribution is 2.16. The lowest BCUT2D eigenvalue weighted by atomic mass is 10.0. The van der Waals surface area contributed by atoms with Crippen molar-refractivity contribution in [3.05, 3.63) is 0 Å². The molecule has 0 saturated carbocycles. The summed E-state index contributed by atoms with van der Waals surface area (Å²) < 4.78 is 5.27. The minimum Gasteiger partial charge on any atom is -0.379 e. The Hall–Kier alpha value is -0.610. The SMILES string of the molecule is CN(C)C(=O)CNC1(C)CCOC1. The molecule has 0 aromatic carbocycles. The predicted octanol–water partition coefficient (Wildman–Crippen LogP) is -0.157. The Labute approximate surface area is 79.2 Å². The fourth-order valence-electron chi connectivity index (χ4n) is 1.25. The average Bonchev–Trinajstić information content (AvgIpc) is 2.48. The van der Waals surface area contributed by atoms with Crippen LogP contribution in [0, 0.1) is 0 Å². The molecule has 0 aromatic rings. The molecule has 1 rings (SSSR count). The third-order valence-corrected chi connectivity index (χ3v) is 2.38. The van der Waals surface area contributed by atoms with Crippen molar-refractivity contribution in [2.24, 2.45) is 0 Å². The van der Waals surface area contributed by atoms with Crippen LogP contribution in [-0.2, 0) is 9.53 Å². The molecule has 1 aliphatic rings. The first-order chi connectivity index (χ1) is 6.03. The second kappa shape index (κ2) is 4.07. The Morgan fingerprint density at radius 1 is 1.62 bits per heavy atom. The Kier molecular flexibility index (Phi) is 3.27. The molecule has 0 aliphatic carbocycles. The molecule has 4 nitrogen and oxygen atoms in total. The van der Waals surface area contributed by atoms with Crippen molar-refractivity contribution in [2.45, 2.75) is 18.9 Å². The van der Waals surface area contributed by atoms with Gasteiger partial charge in [-0.3, -0.25) is 4.79 Å². The minimum atomic E-state index is -0.00826. The zero-order valence-corrected chi connectivity index (χ0v) is 8.59. The summed E-state index contributed by atoms with van der Waals surface area (Å²) in [6.07, 6.45) is 0.980. The van der Waals surface area contributed by atoms with Gasteiger partial charge in [0.25, 0.3) is 0 Å². The second-order valence-electron chi connectivity index (χ2n) is 4.00. The Balaban J connectivity index is 2.29. The molecule has 1 aliphatic heterocycles. The largest absolute Gasteiger partial charge is 0.379 e. The van der Waals surface area contributed by atoms with Crippen molar-refractivity contribution in [2.75, 3.05) is 33.9 Å². The first-order valence-electron chi connectivity index (χ1n) is 4.56. The van der Waals surface area contributed by atoms with E-state index in [1.807, 2.05) is 0 Å². The minimum absolute atomic E-state index is 0.00826. The Morgan fingerprint density at radius 3 is 2.77 bits per heavy atom. The van der Waals surface area contributed by atoms with E-state index in [4.69, 9.17) is 4.74 Å². The van der Waals surface area contributed by atoms with E-state index < -0.39 is 0 Å². The predicted molar refractivity (Wildman–Crippen MR) is 50.5 cm³/mol.